The number of fused-ring (bicyclic) bond motifs is 1. The van der Waals surface area contributed by atoms with E-state index in [1.807, 2.05) is 36.4 Å². The predicted octanol–water partition coefficient (Wildman–Crippen LogP) is 4.18. The zero-order valence-corrected chi connectivity index (χ0v) is 19.0. The molecule has 0 radical (unpaired) electrons. The van der Waals surface area contributed by atoms with Crippen LogP contribution >= 0.6 is 23.1 Å². The van der Waals surface area contributed by atoms with E-state index in [0.717, 1.165) is 22.2 Å². The Bertz CT molecular complexity index is 1360. The molecule has 0 spiro atoms. The fourth-order valence-corrected chi connectivity index (χ4v) is 4.95. The van der Waals surface area contributed by atoms with E-state index in [9.17, 15) is 14.4 Å². The maximum Gasteiger partial charge on any atom is 0.339 e. The van der Waals surface area contributed by atoms with Gasteiger partial charge in [0.15, 0.2) is 5.16 Å². The summed E-state index contributed by atoms with van der Waals surface area (Å²) < 4.78 is 6.78. The number of thioether (sulfide) groups is 1. The molecule has 7 nitrogen and oxygen atoms in total. The Morgan fingerprint density at radius 2 is 1.84 bits per heavy atom. The van der Waals surface area contributed by atoms with Crippen LogP contribution in [0.25, 0.3) is 20.7 Å². The van der Waals surface area contributed by atoms with Gasteiger partial charge in [-0.3, -0.25) is 14.2 Å². The molecule has 9 heteroatoms. The largest absolute Gasteiger partial charge is 0.465 e. The number of esters is 1. The topological polar surface area (TPSA) is 90.3 Å². The van der Waals surface area contributed by atoms with Gasteiger partial charge in [0, 0.05) is 11.9 Å². The first-order valence-electron chi connectivity index (χ1n) is 9.64. The van der Waals surface area contributed by atoms with E-state index in [4.69, 9.17) is 4.74 Å². The quantitative estimate of drug-likeness (QED) is 0.261. The van der Waals surface area contributed by atoms with Gasteiger partial charge in [-0.1, -0.05) is 54.2 Å². The van der Waals surface area contributed by atoms with Crippen molar-refractivity contribution in [2.75, 3.05) is 18.2 Å². The van der Waals surface area contributed by atoms with Crippen LogP contribution in [0.1, 0.15) is 10.4 Å². The molecule has 0 saturated carbocycles. The van der Waals surface area contributed by atoms with Gasteiger partial charge in [0.05, 0.1) is 29.6 Å². The van der Waals surface area contributed by atoms with Gasteiger partial charge in [0.25, 0.3) is 5.56 Å². The minimum Gasteiger partial charge on any atom is -0.465 e. The first-order valence-corrected chi connectivity index (χ1v) is 11.4. The Labute approximate surface area is 192 Å². The first kappa shape index (κ1) is 21.8. The molecule has 2 heterocycles. The molecule has 4 aromatic rings. The molecule has 0 atom stereocenters. The fourth-order valence-electron chi connectivity index (χ4n) is 3.11. The third kappa shape index (κ3) is 4.44. The van der Waals surface area contributed by atoms with E-state index < -0.39 is 5.97 Å². The minimum absolute atomic E-state index is 0.0248. The average Bonchev–Trinajstić information content (AvgIpc) is 3.25. The van der Waals surface area contributed by atoms with Crippen molar-refractivity contribution in [3.63, 3.8) is 0 Å². The first-order chi connectivity index (χ1) is 15.5. The van der Waals surface area contributed by atoms with E-state index in [2.05, 4.69) is 10.3 Å². The summed E-state index contributed by atoms with van der Waals surface area (Å²) in [5.74, 6) is -0.831. The Morgan fingerprint density at radius 3 is 2.59 bits per heavy atom. The van der Waals surface area contributed by atoms with Gasteiger partial charge < -0.3 is 10.1 Å². The summed E-state index contributed by atoms with van der Waals surface area (Å²) in [7, 11) is 2.93. The molecule has 0 aliphatic rings. The van der Waals surface area contributed by atoms with Gasteiger partial charge >= 0.3 is 5.97 Å². The Kier molecular flexibility index (Phi) is 6.38. The molecule has 0 unspecified atom stereocenters. The van der Waals surface area contributed by atoms with Gasteiger partial charge in [-0.05, 0) is 23.8 Å². The number of carbonyl (C=O) groups excluding carboxylic acids is 2. The molecule has 32 heavy (non-hydrogen) atoms. The summed E-state index contributed by atoms with van der Waals surface area (Å²) in [6.45, 7) is 0. The Hall–Kier alpha value is -3.43. The van der Waals surface area contributed by atoms with Crippen molar-refractivity contribution in [1.82, 2.24) is 9.55 Å². The minimum atomic E-state index is -0.533. The fraction of sp³-hybridized carbons (Fsp3) is 0.130. The van der Waals surface area contributed by atoms with Gasteiger partial charge in [-0.25, -0.2) is 9.78 Å². The van der Waals surface area contributed by atoms with Crippen molar-refractivity contribution in [3.05, 3.63) is 76.6 Å². The maximum absolute atomic E-state index is 12.9. The van der Waals surface area contributed by atoms with Crippen molar-refractivity contribution in [2.24, 2.45) is 7.05 Å². The van der Waals surface area contributed by atoms with Crippen molar-refractivity contribution in [1.29, 1.82) is 0 Å². The number of thiophene rings is 1. The van der Waals surface area contributed by atoms with Crippen LogP contribution in [-0.4, -0.2) is 34.3 Å². The lowest BCUT2D eigenvalue weighted by Gasteiger charge is -2.10. The van der Waals surface area contributed by atoms with Gasteiger partial charge in [-0.2, -0.15) is 0 Å². The van der Waals surface area contributed by atoms with Crippen molar-refractivity contribution in [2.45, 2.75) is 5.16 Å². The maximum atomic E-state index is 12.9. The lowest BCUT2D eigenvalue weighted by Crippen LogP contribution is -2.21. The number of rotatable bonds is 6. The smallest absolute Gasteiger partial charge is 0.339 e. The molecular formula is C23H19N3O4S2. The molecule has 0 aliphatic carbocycles. The van der Waals surface area contributed by atoms with Crippen LogP contribution in [0, 0.1) is 0 Å². The lowest BCUT2D eigenvalue weighted by molar-refractivity contribution is -0.113. The second kappa shape index (κ2) is 9.37. The summed E-state index contributed by atoms with van der Waals surface area (Å²) in [4.78, 5) is 42.8. The van der Waals surface area contributed by atoms with Gasteiger partial charge in [-0.15, -0.1) is 11.3 Å². The summed E-state index contributed by atoms with van der Waals surface area (Å²) in [6.07, 6.45) is 0. The molecule has 2 aromatic carbocycles. The average molecular weight is 466 g/mol. The Morgan fingerprint density at radius 1 is 1.12 bits per heavy atom. The van der Waals surface area contributed by atoms with Crippen LogP contribution < -0.4 is 10.9 Å². The number of aromatic nitrogens is 2. The number of ether oxygens (including phenoxy) is 1. The molecule has 162 valence electrons. The number of anilines is 1. The zero-order chi connectivity index (χ0) is 22.7. The highest BCUT2D eigenvalue weighted by atomic mass is 32.2. The van der Waals surface area contributed by atoms with Crippen LogP contribution in [0.5, 0.6) is 0 Å². The highest BCUT2D eigenvalue weighted by Crippen LogP contribution is 2.31. The summed E-state index contributed by atoms with van der Waals surface area (Å²) >= 11 is 2.56. The molecule has 0 bridgehead atoms. The van der Waals surface area contributed by atoms with Crippen molar-refractivity contribution in [3.8, 4) is 10.4 Å². The highest BCUT2D eigenvalue weighted by molar-refractivity contribution is 7.99. The molecule has 0 saturated heterocycles. The number of nitrogens with zero attached hydrogens (tertiary/aromatic N) is 2. The number of nitrogens with one attached hydrogen (secondary N) is 1. The van der Waals surface area contributed by atoms with E-state index in [1.165, 1.54) is 23.0 Å². The number of carbonyl (C=O) groups is 2. The summed E-state index contributed by atoms with van der Waals surface area (Å²) in [5.41, 5.74) is 2.12. The van der Waals surface area contributed by atoms with Crippen molar-refractivity contribution >= 4 is 50.9 Å². The van der Waals surface area contributed by atoms with E-state index >= 15 is 0 Å². The normalized spacial score (nSPS) is 10.8. The number of para-hydroxylation sites is 1. The SMILES string of the molecule is COC(=O)c1ccccc1NC(=O)CSc1nc2cc(-c3ccccc3)sc2c(=O)n1C. The van der Waals surface area contributed by atoms with Crippen LogP contribution in [-0.2, 0) is 16.6 Å². The molecule has 1 N–H and O–H groups in total. The molecular weight excluding hydrogens is 446 g/mol. The molecule has 4 rings (SSSR count). The summed E-state index contributed by atoms with van der Waals surface area (Å²) in [5, 5.41) is 3.16. The zero-order valence-electron chi connectivity index (χ0n) is 17.3. The third-order valence-corrected chi connectivity index (χ3v) is 6.90. The number of hydrogen-bond acceptors (Lipinski definition) is 7. The third-order valence-electron chi connectivity index (χ3n) is 4.71. The van der Waals surface area contributed by atoms with Crippen LogP contribution in [0.15, 0.2) is 70.6 Å². The molecule has 0 aliphatic heterocycles. The van der Waals surface area contributed by atoms with E-state index in [1.54, 1.807) is 31.3 Å². The van der Waals surface area contributed by atoms with Gasteiger partial charge in [0.1, 0.15) is 4.70 Å². The monoisotopic (exact) mass is 465 g/mol. The van der Waals surface area contributed by atoms with Crippen LogP contribution in [0.2, 0.25) is 0 Å². The number of hydrogen-bond donors (Lipinski definition) is 1. The number of methoxy groups -OCH3 is 1. The second-order valence-electron chi connectivity index (χ2n) is 6.82. The molecule has 0 fully saturated rings. The van der Waals surface area contributed by atoms with Crippen LogP contribution in [0.4, 0.5) is 5.69 Å². The standard InChI is InChI=1S/C23H19N3O4S2/c1-26-21(28)20-17(12-18(32-20)14-8-4-3-5-9-14)25-23(26)31-13-19(27)24-16-11-7-6-10-15(16)22(29)30-2/h3-12H,13H2,1-2H3,(H,24,27). The van der Waals surface area contributed by atoms with E-state index in [0.29, 0.717) is 21.1 Å². The molecule has 1 amide bonds. The number of amides is 1. The summed E-state index contributed by atoms with van der Waals surface area (Å²) in [6, 6.07) is 18.3. The predicted molar refractivity (Wildman–Crippen MR) is 127 cm³/mol. The van der Waals surface area contributed by atoms with Gasteiger partial charge in [0.2, 0.25) is 5.91 Å². The second-order valence-corrected chi connectivity index (χ2v) is 8.82. The van der Waals surface area contributed by atoms with E-state index in [-0.39, 0.29) is 22.8 Å². The van der Waals surface area contributed by atoms with Crippen molar-refractivity contribution < 1.29 is 14.3 Å². The number of benzene rings is 2. The highest BCUT2D eigenvalue weighted by Gasteiger charge is 2.16. The van der Waals surface area contributed by atoms with Crippen LogP contribution in [0.3, 0.4) is 0 Å². The lowest BCUT2D eigenvalue weighted by atomic mass is 10.2. The molecule has 2 aromatic heterocycles. The Balaban J connectivity index is 1.54.